The van der Waals surface area contributed by atoms with Crippen LogP contribution < -0.4 is 0 Å². The van der Waals surface area contributed by atoms with Gasteiger partial charge in [0.05, 0.1) is 0 Å². The standard InChI is InChI=1S/C15H11ClO4S/c16-13-8-6-12(15(10-13)21(18,19)20)7-9-14(17)11-4-2-1-3-5-11/h1-10H,(H,18,19,20)/b9-7+. The quantitative estimate of drug-likeness (QED) is 0.531. The van der Waals surface area contributed by atoms with Crippen molar-refractivity contribution in [3.63, 3.8) is 0 Å². The van der Waals surface area contributed by atoms with Gasteiger partial charge in [-0.25, -0.2) is 0 Å². The first-order chi connectivity index (χ1) is 9.88. The molecule has 0 heterocycles. The summed E-state index contributed by atoms with van der Waals surface area (Å²) >= 11 is 5.71. The molecule has 0 aromatic heterocycles. The molecule has 108 valence electrons. The second-order valence-corrected chi connectivity index (χ2v) is 6.05. The molecule has 0 saturated carbocycles. The number of ketones is 1. The first-order valence-electron chi connectivity index (χ1n) is 5.92. The molecule has 0 aliphatic carbocycles. The zero-order valence-corrected chi connectivity index (χ0v) is 12.3. The molecule has 0 amide bonds. The zero-order chi connectivity index (χ0) is 15.5. The summed E-state index contributed by atoms with van der Waals surface area (Å²) in [5, 5.41) is 0.175. The Balaban J connectivity index is 2.36. The van der Waals surface area contributed by atoms with Crippen molar-refractivity contribution in [3.05, 3.63) is 70.8 Å². The van der Waals surface area contributed by atoms with Gasteiger partial charge in [-0.15, -0.1) is 0 Å². The van der Waals surface area contributed by atoms with Crippen LogP contribution in [0.15, 0.2) is 59.5 Å². The minimum Gasteiger partial charge on any atom is -0.289 e. The SMILES string of the molecule is O=C(/C=C/c1ccc(Cl)cc1S(=O)(=O)O)c1ccccc1. The van der Waals surface area contributed by atoms with Gasteiger partial charge in [-0.1, -0.05) is 48.0 Å². The van der Waals surface area contributed by atoms with E-state index in [4.69, 9.17) is 11.6 Å². The third kappa shape index (κ3) is 4.01. The van der Waals surface area contributed by atoms with Crippen molar-refractivity contribution < 1.29 is 17.8 Å². The summed E-state index contributed by atoms with van der Waals surface area (Å²) in [7, 11) is -4.42. The molecule has 21 heavy (non-hydrogen) atoms. The van der Waals surface area contributed by atoms with Crippen molar-refractivity contribution >= 4 is 33.6 Å². The zero-order valence-electron chi connectivity index (χ0n) is 10.7. The molecule has 0 fully saturated rings. The minimum atomic E-state index is -4.42. The third-order valence-electron chi connectivity index (χ3n) is 2.73. The summed E-state index contributed by atoms with van der Waals surface area (Å²) in [6, 6.07) is 12.6. The lowest BCUT2D eigenvalue weighted by atomic mass is 10.1. The van der Waals surface area contributed by atoms with E-state index < -0.39 is 10.1 Å². The van der Waals surface area contributed by atoms with Crippen LogP contribution in [-0.2, 0) is 10.1 Å². The Hall–Kier alpha value is -1.95. The van der Waals surface area contributed by atoms with Crippen molar-refractivity contribution in [2.24, 2.45) is 0 Å². The van der Waals surface area contributed by atoms with Crippen molar-refractivity contribution in [3.8, 4) is 0 Å². The second-order valence-electron chi connectivity index (χ2n) is 4.22. The van der Waals surface area contributed by atoms with Crippen LogP contribution in [0.1, 0.15) is 15.9 Å². The van der Waals surface area contributed by atoms with Crippen molar-refractivity contribution in [2.45, 2.75) is 4.90 Å². The lowest BCUT2D eigenvalue weighted by molar-refractivity contribution is 0.104. The monoisotopic (exact) mass is 322 g/mol. The van der Waals surface area contributed by atoms with Crippen LogP contribution in [0.4, 0.5) is 0 Å². The molecule has 4 nitrogen and oxygen atoms in total. The van der Waals surface area contributed by atoms with E-state index in [2.05, 4.69) is 0 Å². The fraction of sp³-hybridized carbons (Fsp3) is 0. The van der Waals surface area contributed by atoms with Crippen LogP contribution in [0.5, 0.6) is 0 Å². The van der Waals surface area contributed by atoms with Gasteiger partial charge in [-0.2, -0.15) is 8.42 Å². The van der Waals surface area contributed by atoms with Crippen LogP contribution in [0.3, 0.4) is 0 Å². The van der Waals surface area contributed by atoms with Crippen LogP contribution in [0.25, 0.3) is 6.08 Å². The second kappa shape index (κ2) is 6.22. The number of hydrogen-bond donors (Lipinski definition) is 1. The number of carbonyl (C=O) groups excluding carboxylic acids is 1. The smallest absolute Gasteiger partial charge is 0.289 e. The number of carbonyl (C=O) groups is 1. The van der Waals surface area contributed by atoms with E-state index in [0.29, 0.717) is 5.56 Å². The Morgan fingerprint density at radius 1 is 1.10 bits per heavy atom. The molecule has 2 aromatic carbocycles. The van der Waals surface area contributed by atoms with Gasteiger partial charge in [0.25, 0.3) is 10.1 Å². The molecular weight excluding hydrogens is 312 g/mol. The number of halogens is 1. The maximum Gasteiger partial charge on any atom is 0.295 e. The van der Waals surface area contributed by atoms with Crippen LogP contribution in [0.2, 0.25) is 5.02 Å². The Kier molecular flexibility index (Phi) is 4.57. The topological polar surface area (TPSA) is 71.4 Å². The van der Waals surface area contributed by atoms with E-state index in [0.717, 1.165) is 6.07 Å². The third-order valence-corrected chi connectivity index (χ3v) is 3.87. The van der Waals surface area contributed by atoms with Gasteiger partial charge in [-0.05, 0) is 29.8 Å². The molecule has 0 aliphatic heterocycles. The van der Waals surface area contributed by atoms with Gasteiger partial charge in [0, 0.05) is 10.6 Å². The van der Waals surface area contributed by atoms with Crippen molar-refractivity contribution in [1.82, 2.24) is 0 Å². The Morgan fingerprint density at radius 2 is 1.76 bits per heavy atom. The Morgan fingerprint density at radius 3 is 2.38 bits per heavy atom. The highest BCUT2D eigenvalue weighted by Gasteiger charge is 2.14. The lowest BCUT2D eigenvalue weighted by Crippen LogP contribution is -2.01. The Labute approximate surface area is 127 Å². The summed E-state index contributed by atoms with van der Waals surface area (Å²) < 4.78 is 31.8. The van der Waals surface area contributed by atoms with E-state index in [1.165, 1.54) is 24.3 Å². The summed E-state index contributed by atoms with van der Waals surface area (Å²) in [5.74, 6) is -0.271. The lowest BCUT2D eigenvalue weighted by Gasteiger charge is -2.03. The molecule has 0 atom stereocenters. The molecule has 0 radical (unpaired) electrons. The molecule has 0 bridgehead atoms. The maximum atomic E-state index is 11.9. The van der Waals surface area contributed by atoms with E-state index in [9.17, 15) is 17.8 Å². The normalized spacial score (nSPS) is 11.7. The Bertz CT molecular complexity index is 796. The van der Waals surface area contributed by atoms with Gasteiger partial charge in [0.1, 0.15) is 4.90 Å². The highest BCUT2D eigenvalue weighted by molar-refractivity contribution is 7.86. The molecule has 6 heteroatoms. The maximum absolute atomic E-state index is 11.9. The molecule has 2 aromatic rings. The first kappa shape index (κ1) is 15.4. The van der Waals surface area contributed by atoms with Crippen molar-refractivity contribution in [1.29, 1.82) is 0 Å². The van der Waals surface area contributed by atoms with Crippen LogP contribution >= 0.6 is 11.6 Å². The predicted octanol–water partition coefficient (Wildman–Crippen LogP) is 3.48. The van der Waals surface area contributed by atoms with E-state index >= 15 is 0 Å². The van der Waals surface area contributed by atoms with Crippen molar-refractivity contribution in [2.75, 3.05) is 0 Å². The summed E-state index contributed by atoms with van der Waals surface area (Å²) in [6.07, 6.45) is 2.57. The highest BCUT2D eigenvalue weighted by atomic mass is 35.5. The molecule has 2 rings (SSSR count). The molecule has 1 N–H and O–H groups in total. The number of rotatable bonds is 4. The van der Waals surface area contributed by atoms with Gasteiger partial charge in [0.15, 0.2) is 5.78 Å². The largest absolute Gasteiger partial charge is 0.295 e. The van der Waals surface area contributed by atoms with Crippen LogP contribution in [0, 0.1) is 0 Å². The van der Waals surface area contributed by atoms with E-state index in [1.54, 1.807) is 30.3 Å². The van der Waals surface area contributed by atoms with Gasteiger partial charge in [0.2, 0.25) is 0 Å². The van der Waals surface area contributed by atoms with Gasteiger partial charge in [-0.3, -0.25) is 9.35 Å². The van der Waals surface area contributed by atoms with Gasteiger partial charge >= 0.3 is 0 Å². The van der Waals surface area contributed by atoms with Crippen LogP contribution in [-0.4, -0.2) is 18.8 Å². The fourth-order valence-electron chi connectivity index (χ4n) is 1.73. The number of allylic oxidation sites excluding steroid dienone is 1. The van der Waals surface area contributed by atoms with E-state index in [1.807, 2.05) is 0 Å². The molecule has 0 saturated heterocycles. The number of hydrogen-bond acceptors (Lipinski definition) is 3. The fourth-order valence-corrected chi connectivity index (χ4v) is 2.68. The molecular formula is C15H11ClO4S. The number of benzene rings is 2. The minimum absolute atomic E-state index is 0.175. The summed E-state index contributed by atoms with van der Waals surface area (Å²) in [5.41, 5.74) is 0.669. The van der Waals surface area contributed by atoms with Gasteiger partial charge < -0.3 is 0 Å². The highest BCUT2D eigenvalue weighted by Crippen LogP contribution is 2.22. The molecule has 0 spiro atoms. The molecule has 0 unspecified atom stereocenters. The van der Waals surface area contributed by atoms with E-state index in [-0.39, 0.29) is 21.3 Å². The average Bonchev–Trinajstić information content (AvgIpc) is 2.45. The molecule has 0 aliphatic rings. The average molecular weight is 323 g/mol. The summed E-state index contributed by atoms with van der Waals surface area (Å²) in [4.78, 5) is 11.6. The first-order valence-corrected chi connectivity index (χ1v) is 7.74. The predicted molar refractivity (Wildman–Crippen MR) is 81.1 cm³/mol. The summed E-state index contributed by atoms with van der Waals surface area (Å²) in [6.45, 7) is 0.